The van der Waals surface area contributed by atoms with E-state index < -0.39 is 0 Å². The number of piperidine rings is 1. The average molecular weight is 419 g/mol. The number of rotatable bonds is 6. The number of benzene rings is 2. The Labute approximate surface area is 186 Å². The third-order valence-electron chi connectivity index (χ3n) is 6.87. The molecule has 1 saturated heterocycles. The summed E-state index contributed by atoms with van der Waals surface area (Å²) in [6.45, 7) is 8.25. The van der Waals surface area contributed by atoms with Gasteiger partial charge in [0.05, 0.1) is 7.11 Å². The molecule has 2 aliphatic heterocycles. The molecule has 2 heterocycles. The van der Waals surface area contributed by atoms with Crippen molar-refractivity contribution in [2.45, 2.75) is 44.9 Å². The van der Waals surface area contributed by atoms with Crippen molar-refractivity contribution in [3.8, 4) is 5.75 Å². The molecule has 2 aliphatic rings. The van der Waals surface area contributed by atoms with Crippen LogP contribution in [-0.4, -0.2) is 44.1 Å². The van der Waals surface area contributed by atoms with Crippen molar-refractivity contribution in [2.75, 3.05) is 38.2 Å². The van der Waals surface area contributed by atoms with E-state index in [-0.39, 0.29) is 11.3 Å². The van der Waals surface area contributed by atoms with Crippen molar-refractivity contribution in [1.82, 2.24) is 4.90 Å². The number of nitrogens with zero attached hydrogens (tertiary/aromatic N) is 2. The fourth-order valence-electron chi connectivity index (χ4n) is 4.93. The Bertz CT molecular complexity index is 939. The van der Waals surface area contributed by atoms with Gasteiger partial charge in [-0.1, -0.05) is 42.0 Å². The minimum Gasteiger partial charge on any atom is -0.497 e. The highest BCUT2D eigenvalue weighted by molar-refractivity contribution is 5.96. The van der Waals surface area contributed by atoms with Gasteiger partial charge in [0.15, 0.2) is 0 Å². The molecule has 0 aliphatic carbocycles. The number of anilines is 1. The van der Waals surface area contributed by atoms with E-state index in [4.69, 9.17) is 4.74 Å². The molecule has 1 fully saturated rings. The van der Waals surface area contributed by atoms with E-state index in [0.717, 1.165) is 56.9 Å². The van der Waals surface area contributed by atoms with Crippen molar-refractivity contribution in [1.29, 1.82) is 0 Å². The highest BCUT2D eigenvalue weighted by atomic mass is 16.5. The number of hydrogen-bond donors (Lipinski definition) is 0. The minimum absolute atomic E-state index is 0.0355. The third-order valence-corrected chi connectivity index (χ3v) is 6.87. The van der Waals surface area contributed by atoms with Gasteiger partial charge in [-0.15, -0.1) is 0 Å². The summed E-state index contributed by atoms with van der Waals surface area (Å²) in [5, 5.41) is 0. The number of likely N-dealkylation sites (tertiary alicyclic amines) is 1. The summed E-state index contributed by atoms with van der Waals surface area (Å²) in [5.41, 5.74) is 4.99. The number of carbonyl (C=O) groups is 1. The zero-order valence-corrected chi connectivity index (χ0v) is 19.1. The molecule has 1 amide bonds. The number of fused-ring (bicyclic) bond motifs is 2. The predicted octanol–water partition coefficient (Wildman–Crippen LogP) is 4.97. The Hall–Kier alpha value is -2.59. The van der Waals surface area contributed by atoms with E-state index in [1.807, 2.05) is 29.2 Å². The highest BCUT2D eigenvalue weighted by Crippen LogP contribution is 2.48. The first-order valence-corrected chi connectivity index (χ1v) is 11.4. The molecule has 0 saturated carbocycles. The molecule has 2 aromatic carbocycles. The number of allylic oxidation sites excluding steroid dienone is 1. The van der Waals surface area contributed by atoms with Crippen LogP contribution < -0.4 is 9.64 Å². The first kappa shape index (κ1) is 21.6. The predicted molar refractivity (Wildman–Crippen MR) is 127 cm³/mol. The molecule has 1 spiro atoms. The Balaban J connectivity index is 1.52. The number of aryl methyl sites for hydroxylation is 1. The maximum atomic E-state index is 13.3. The monoisotopic (exact) mass is 418 g/mol. The highest BCUT2D eigenvalue weighted by Gasteiger charge is 2.46. The second-order valence-corrected chi connectivity index (χ2v) is 9.21. The van der Waals surface area contributed by atoms with Crippen LogP contribution >= 0.6 is 0 Å². The molecular weight excluding hydrogens is 384 g/mol. The van der Waals surface area contributed by atoms with Crippen LogP contribution in [0.5, 0.6) is 5.75 Å². The molecule has 0 N–H and O–H groups in total. The van der Waals surface area contributed by atoms with Crippen LogP contribution in [0.1, 0.15) is 44.2 Å². The second-order valence-electron chi connectivity index (χ2n) is 9.21. The third kappa shape index (κ3) is 4.69. The maximum Gasteiger partial charge on any atom is 0.227 e. The Morgan fingerprint density at radius 3 is 2.52 bits per heavy atom. The Kier molecular flexibility index (Phi) is 6.47. The summed E-state index contributed by atoms with van der Waals surface area (Å²) in [4.78, 5) is 17.9. The lowest BCUT2D eigenvalue weighted by Gasteiger charge is -2.39. The standard InChI is InChI=1S/C27H34N2O2/c1-21(2)13-16-28-17-14-27(15-18-28)20-29(25-11-10-23(31-3)19-24(25)27)26(30)12-9-22-7-5-4-6-8-22/h4-8,10-11,13,19H,9,12,14-18,20H2,1-3H3. The van der Waals surface area contributed by atoms with Crippen molar-refractivity contribution >= 4 is 11.6 Å². The molecule has 0 unspecified atom stereocenters. The Morgan fingerprint density at radius 2 is 1.84 bits per heavy atom. The summed E-state index contributed by atoms with van der Waals surface area (Å²) < 4.78 is 5.54. The van der Waals surface area contributed by atoms with Gasteiger partial charge in [-0.3, -0.25) is 9.69 Å². The van der Waals surface area contributed by atoms with E-state index >= 15 is 0 Å². The number of hydrogen-bond acceptors (Lipinski definition) is 3. The zero-order chi connectivity index (χ0) is 21.8. The molecule has 4 heteroatoms. The largest absolute Gasteiger partial charge is 0.497 e. The smallest absolute Gasteiger partial charge is 0.227 e. The normalized spacial score (nSPS) is 17.5. The van der Waals surface area contributed by atoms with E-state index in [2.05, 4.69) is 49.1 Å². The van der Waals surface area contributed by atoms with Crippen LogP contribution in [0.2, 0.25) is 0 Å². The first-order valence-electron chi connectivity index (χ1n) is 11.4. The van der Waals surface area contributed by atoms with Gasteiger partial charge in [0.2, 0.25) is 5.91 Å². The zero-order valence-electron chi connectivity index (χ0n) is 19.1. The number of methoxy groups -OCH3 is 1. The van der Waals surface area contributed by atoms with Gasteiger partial charge in [0.1, 0.15) is 5.75 Å². The molecule has 4 rings (SSSR count). The van der Waals surface area contributed by atoms with Gasteiger partial charge in [-0.2, -0.15) is 0 Å². The van der Waals surface area contributed by atoms with Crippen LogP contribution in [0.3, 0.4) is 0 Å². The summed E-state index contributed by atoms with van der Waals surface area (Å²) >= 11 is 0. The topological polar surface area (TPSA) is 32.8 Å². The van der Waals surface area contributed by atoms with E-state index in [0.29, 0.717) is 6.42 Å². The lowest BCUT2D eigenvalue weighted by Crippen LogP contribution is -2.46. The van der Waals surface area contributed by atoms with Crippen molar-refractivity contribution in [2.24, 2.45) is 0 Å². The van der Waals surface area contributed by atoms with Crippen LogP contribution in [-0.2, 0) is 16.6 Å². The molecule has 0 atom stereocenters. The molecule has 2 aromatic rings. The van der Waals surface area contributed by atoms with E-state index in [1.54, 1.807) is 7.11 Å². The van der Waals surface area contributed by atoms with Crippen LogP contribution in [0.15, 0.2) is 60.2 Å². The molecule has 0 radical (unpaired) electrons. The fourth-order valence-corrected chi connectivity index (χ4v) is 4.93. The van der Waals surface area contributed by atoms with Crippen LogP contribution in [0.4, 0.5) is 5.69 Å². The number of carbonyl (C=O) groups excluding carboxylic acids is 1. The Morgan fingerprint density at radius 1 is 1.10 bits per heavy atom. The summed E-state index contributed by atoms with van der Waals surface area (Å²) in [7, 11) is 1.72. The summed E-state index contributed by atoms with van der Waals surface area (Å²) in [5.74, 6) is 1.10. The lowest BCUT2D eigenvalue weighted by molar-refractivity contribution is -0.118. The fraction of sp³-hybridized carbons (Fsp3) is 0.444. The maximum absolute atomic E-state index is 13.3. The molecular formula is C27H34N2O2. The number of ether oxygens (including phenoxy) is 1. The minimum atomic E-state index is 0.0355. The van der Waals surface area contributed by atoms with E-state index in [9.17, 15) is 4.79 Å². The van der Waals surface area contributed by atoms with Gasteiger partial charge in [-0.05, 0) is 75.5 Å². The lowest BCUT2D eigenvalue weighted by atomic mass is 9.74. The molecule has 31 heavy (non-hydrogen) atoms. The van der Waals surface area contributed by atoms with Crippen molar-refractivity contribution < 1.29 is 9.53 Å². The average Bonchev–Trinajstić information content (AvgIpc) is 3.11. The van der Waals surface area contributed by atoms with Gasteiger partial charge >= 0.3 is 0 Å². The van der Waals surface area contributed by atoms with Crippen molar-refractivity contribution in [3.05, 3.63) is 71.3 Å². The quantitative estimate of drug-likeness (QED) is 0.621. The first-order chi connectivity index (χ1) is 15.0. The molecule has 164 valence electrons. The molecule has 0 aromatic heterocycles. The van der Waals surface area contributed by atoms with Gasteiger partial charge in [0.25, 0.3) is 0 Å². The SMILES string of the molecule is COc1ccc2c(c1)C1(CCN(CC=C(C)C)CC1)CN2C(=O)CCc1ccccc1. The van der Waals surface area contributed by atoms with Crippen molar-refractivity contribution in [3.63, 3.8) is 0 Å². The second kappa shape index (κ2) is 9.27. The van der Waals surface area contributed by atoms with Gasteiger partial charge in [0, 0.05) is 30.6 Å². The van der Waals surface area contributed by atoms with E-state index in [1.165, 1.54) is 16.7 Å². The molecule has 4 nitrogen and oxygen atoms in total. The number of amides is 1. The molecule has 0 bridgehead atoms. The summed E-state index contributed by atoms with van der Waals surface area (Å²) in [6.07, 6.45) is 5.78. The van der Waals surface area contributed by atoms with Gasteiger partial charge in [-0.25, -0.2) is 0 Å². The van der Waals surface area contributed by atoms with Gasteiger partial charge < -0.3 is 9.64 Å². The summed E-state index contributed by atoms with van der Waals surface area (Å²) in [6, 6.07) is 16.5. The van der Waals surface area contributed by atoms with Crippen LogP contribution in [0, 0.1) is 0 Å². The van der Waals surface area contributed by atoms with Crippen LogP contribution in [0.25, 0.3) is 0 Å².